The zero-order chi connectivity index (χ0) is 16.0. The number of piperidine rings is 1. The summed E-state index contributed by atoms with van der Waals surface area (Å²) in [6.45, 7) is 10.4. The number of nitrogens with zero attached hydrogens (tertiary/aromatic N) is 2. The average molecular weight is 298 g/mol. The predicted molar refractivity (Wildman–Crippen MR) is 83.2 cm³/mol. The maximum atomic E-state index is 12.5. The topological polar surface area (TPSA) is 60.9 Å². The zero-order valence-corrected chi connectivity index (χ0v) is 13.8. The van der Waals surface area contributed by atoms with Gasteiger partial charge in [-0.15, -0.1) is 0 Å². The molecule has 0 saturated carbocycles. The van der Waals surface area contributed by atoms with Gasteiger partial charge in [0, 0.05) is 25.0 Å². The molecule has 1 N–H and O–H groups in total. The van der Waals surface area contributed by atoms with Crippen molar-refractivity contribution in [3.8, 4) is 0 Å². The number of rotatable bonds is 7. The molecule has 21 heavy (non-hydrogen) atoms. The number of hydrogen-bond acceptors (Lipinski definition) is 3. The second-order valence-corrected chi connectivity index (χ2v) is 6.66. The number of amides is 1. The minimum atomic E-state index is -0.728. The van der Waals surface area contributed by atoms with Crippen LogP contribution in [0.3, 0.4) is 0 Å². The van der Waals surface area contributed by atoms with Crippen LogP contribution in [-0.2, 0) is 9.59 Å². The Hall–Kier alpha value is -1.10. The minimum Gasteiger partial charge on any atom is -0.481 e. The number of hydrogen-bond donors (Lipinski definition) is 1. The van der Waals surface area contributed by atoms with E-state index in [1.165, 1.54) is 0 Å². The van der Waals surface area contributed by atoms with Crippen LogP contribution < -0.4 is 0 Å². The SMILES string of the molecule is CC(C)N(C(=O)CN1CCCC(CCC(=O)O)C1)C(C)C. The highest BCUT2D eigenvalue weighted by Crippen LogP contribution is 2.21. The molecule has 1 saturated heterocycles. The Bertz CT molecular complexity index is 347. The molecule has 5 heteroatoms. The predicted octanol–water partition coefficient (Wildman–Crippen LogP) is 2.21. The Labute approximate surface area is 128 Å². The molecule has 1 atom stereocenters. The molecule has 1 unspecified atom stereocenters. The van der Waals surface area contributed by atoms with Gasteiger partial charge in [0.2, 0.25) is 5.91 Å². The van der Waals surface area contributed by atoms with E-state index < -0.39 is 5.97 Å². The summed E-state index contributed by atoms with van der Waals surface area (Å²) in [4.78, 5) is 27.2. The molecule has 0 aromatic rings. The number of carboxylic acid groups (broad SMARTS) is 1. The molecule has 1 heterocycles. The minimum absolute atomic E-state index is 0.180. The van der Waals surface area contributed by atoms with Gasteiger partial charge in [-0.2, -0.15) is 0 Å². The molecule has 0 spiro atoms. The van der Waals surface area contributed by atoms with Gasteiger partial charge < -0.3 is 10.0 Å². The van der Waals surface area contributed by atoms with Gasteiger partial charge in [-0.3, -0.25) is 14.5 Å². The summed E-state index contributed by atoms with van der Waals surface area (Å²) in [5, 5.41) is 8.78. The second-order valence-electron chi connectivity index (χ2n) is 6.66. The van der Waals surface area contributed by atoms with Crippen LogP contribution in [0.4, 0.5) is 0 Å². The first-order valence-electron chi connectivity index (χ1n) is 8.06. The zero-order valence-electron chi connectivity index (χ0n) is 13.8. The fourth-order valence-corrected chi connectivity index (χ4v) is 3.30. The first-order valence-corrected chi connectivity index (χ1v) is 8.06. The fraction of sp³-hybridized carbons (Fsp3) is 0.875. The molecule has 0 radical (unpaired) electrons. The van der Waals surface area contributed by atoms with Crippen LogP contribution in [0.25, 0.3) is 0 Å². The lowest BCUT2D eigenvalue weighted by Gasteiger charge is -2.36. The van der Waals surface area contributed by atoms with Crippen LogP contribution in [0.15, 0.2) is 0 Å². The molecule has 1 amide bonds. The lowest BCUT2D eigenvalue weighted by Crippen LogP contribution is -2.49. The summed E-state index contributed by atoms with van der Waals surface area (Å²) >= 11 is 0. The van der Waals surface area contributed by atoms with Crippen molar-refractivity contribution in [1.82, 2.24) is 9.80 Å². The van der Waals surface area contributed by atoms with Gasteiger partial charge >= 0.3 is 5.97 Å². The Balaban J connectivity index is 2.49. The highest BCUT2D eigenvalue weighted by atomic mass is 16.4. The molecule has 1 aliphatic rings. The summed E-state index contributed by atoms with van der Waals surface area (Å²) in [6.07, 6.45) is 3.09. The summed E-state index contributed by atoms with van der Waals surface area (Å²) in [5.74, 6) is -0.137. The van der Waals surface area contributed by atoms with Gasteiger partial charge in [0.05, 0.1) is 6.54 Å². The third kappa shape index (κ3) is 6.04. The molecular formula is C16H30N2O3. The van der Waals surface area contributed by atoms with E-state index in [0.29, 0.717) is 12.5 Å². The molecule has 122 valence electrons. The molecule has 1 aliphatic heterocycles. The van der Waals surface area contributed by atoms with Gasteiger partial charge in [-0.05, 0) is 59.4 Å². The van der Waals surface area contributed by atoms with Crippen molar-refractivity contribution in [3.63, 3.8) is 0 Å². The summed E-state index contributed by atoms with van der Waals surface area (Å²) in [6, 6.07) is 0.426. The number of likely N-dealkylation sites (tertiary alicyclic amines) is 1. The Morgan fingerprint density at radius 1 is 1.24 bits per heavy atom. The molecule has 0 bridgehead atoms. The van der Waals surface area contributed by atoms with E-state index in [0.717, 1.165) is 32.4 Å². The van der Waals surface area contributed by atoms with Gasteiger partial charge in [0.15, 0.2) is 0 Å². The molecule has 0 aromatic carbocycles. The van der Waals surface area contributed by atoms with E-state index in [2.05, 4.69) is 4.90 Å². The highest BCUT2D eigenvalue weighted by Gasteiger charge is 2.26. The van der Waals surface area contributed by atoms with Gasteiger partial charge in [-0.25, -0.2) is 0 Å². The monoisotopic (exact) mass is 298 g/mol. The fourth-order valence-electron chi connectivity index (χ4n) is 3.30. The lowest BCUT2D eigenvalue weighted by molar-refractivity contribution is -0.138. The van der Waals surface area contributed by atoms with E-state index in [1.807, 2.05) is 32.6 Å². The number of carbonyl (C=O) groups excluding carboxylic acids is 1. The third-order valence-corrected chi connectivity index (χ3v) is 4.13. The van der Waals surface area contributed by atoms with Crippen molar-refractivity contribution in [2.75, 3.05) is 19.6 Å². The van der Waals surface area contributed by atoms with E-state index in [-0.39, 0.29) is 24.4 Å². The van der Waals surface area contributed by atoms with Crippen LogP contribution in [0.1, 0.15) is 53.4 Å². The third-order valence-electron chi connectivity index (χ3n) is 4.13. The van der Waals surface area contributed by atoms with E-state index in [1.54, 1.807) is 0 Å². The molecule has 0 aliphatic carbocycles. The molecule has 0 aromatic heterocycles. The second kappa shape index (κ2) is 8.37. The van der Waals surface area contributed by atoms with Crippen molar-refractivity contribution in [2.24, 2.45) is 5.92 Å². The van der Waals surface area contributed by atoms with E-state index >= 15 is 0 Å². The van der Waals surface area contributed by atoms with Gasteiger partial charge in [0.25, 0.3) is 0 Å². The maximum absolute atomic E-state index is 12.5. The normalized spacial score (nSPS) is 20.0. The smallest absolute Gasteiger partial charge is 0.303 e. The molecule has 1 fully saturated rings. The maximum Gasteiger partial charge on any atom is 0.303 e. The first-order chi connectivity index (χ1) is 9.81. The van der Waals surface area contributed by atoms with Crippen LogP contribution >= 0.6 is 0 Å². The largest absolute Gasteiger partial charge is 0.481 e. The Kier molecular flexibility index (Phi) is 7.15. The van der Waals surface area contributed by atoms with Crippen molar-refractivity contribution in [1.29, 1.82) is 0 Å². The standard InChI is InChI=1S/C16H30N2O3/c1-12(2)18(13(3)4)15(19)11-17-9-5-6-14(10-17)7-8-16(20)21/h12-14H,5-11H2,1-4H3,(H,20,21). The Morgan fingerprint density at radius 3 is 2.38 bits per heavy atom. The van der Waals surface area contributed by atoms with Crippen molar-refractivity contribution >= 4 is 11.9 Å². The number of carboxylic acids is 1. The first kappa shape index (κ1) is 18.0. The van der Waals surface area contributed by atoms with Crippen molar-refractivity contribution in [3.05, 3.63) is 0 Å². The average Bonchev–Trinajstić information content (AvgIpc) is 2.35. The van der Waals surface area contributed by atoms with Crippen molar-refractivity contribution in [2.45, 2.75) is 65.5 Å². The van der Waals surface area contributed by atoms with Gasteiger partial charge in [-0.1, -0.05) is 0 Å². The molecule has 1 rings (SSSR count). The van der Waals surface area contributed by atoms with Gasteiger partial charge in [0.1, 0.15) is 0 Å². The quantitative estimate of drug-likeness (QED) is 0.783. The molecular weight excluding hydrogens is 268 g/mol. The lowest BCUT2D eigenvalue weighted by atomic mass is 9.93. The number of carbonyl (C=O) groups is 2. The van der Waals surface area contributed by atoms with Crippen LogP contribution in [0.5, 0.6) is 0 Å². The summed E-state index contributed by atoms with van der Waals surface area (Å²) in [5.41, 5.74) is 0. The highest BCUT2D eigenvalue weighted by molar-refractivity contribution is 5.78. The summed E-state index contributed by atoms with van der Waals surface area (Å²) < 4.78 is 0. The van der Waals surface area contributed by atoms with E-state index in [9.17, 15) is 9.59 Å². The van der Waals surface area contributed by atoms with Crippen LogP contribution in [0.2, 0.25) is 0 Å². The number of aliphatic carboxylic acids is 1. The summed E-state index contributed by atoms with van der Waals surface area (Å²) in [7, 11) is 0. The van der Waals surface area contributed by atoms with Crippen LogP contribution in [0, 0.1) is 5.92 Å². The van der Waals surface area contributed by atoms with E-state index in [4.69, 9.17) is 5.11 Å². The van der Waals surface area contributed by atoms with Crippen LogP contribution in [-0.4, -0.2) is 58.5 Å². The molecule has 5 nitrogen and oxygen atoms in total. The van der Waals surface area contributed by atoms with Crippen molar-refractivity contribution < 1.29 is 14.7 Å². The Morgan fingerprint density at radius 2 is 1.86 bits per heavy atom.